The molecule has 2 N–H and O–H groups in total. The first-order valence-corrected chi connectivity index (χ1v) is 6.84. The molecule has 3 rings (SSSR count). The number of carbonyl (C=O) groups excluding carboxylic acids is 1. The van der Waals surface area contributed by atoms with Crippen LogP contribution in [0.4, 0.5) is 11.5 Å². The van der Waals surface area contributed by atoms with Gasteiger partial charge in [-0.3, -0.25) is 0 Å². The number of nitrogens with zero attached hydrogens (tertiary/aromatic N) is 2. The Labute approximate surface area is 123 Å². The number of nitrogen functional groups attached to an aromatic ring is 1. The summed E-state index contributed by atoms with van der Waals surface area (Å²) in [7, 11) is 1.38. The van der Waals surface area contributed by atoms with E-state index in [4.69, 9.17) is 10.5 Å². The molecule has 2 heterocycles. The zero-order valence-corrected chi connectivity index (χ0v) is 11.9. The van der Waals surface area contributed by atoms with Gasteiger partial charge >= 0.3 is 5.97 Å². The van der Waals surface area contributed by atoms with Gasteiger partial charge in [0.2, 0.25) is 0 Å². The second-order valence-electron chi connectivity index (χ2n) is 5.05. The molecule has 0 fully saturated rings. The minimum Gasteiger partial charge on any atom is -0.465 e. The summed E-state index contributed by atoms with van der Waals surface area (Å²) in [5.74, 6) is 0.419. The van der Waals surface area contributed by atoms with Gasteiger partial charge < -0.3 is 15.4 Å². The van der Waals surface area contributed by atoms with E-state index in [1.165, 1.54) is 12.7 Å². The zero-order valence-electron chi connectivity index (χ0n) is 11.9. The van der Waals surface area contributed by atoms with Crippen molar-refractivity contribution < 1.29 is 9.53 Å². The number of aromatic nitrogens is 1. The van der Waals surface area contributed by atoms with Crippen molar-refractivity contribution in [1.82, 2.24) is 4.98 Å². The molecule has 1 aromatic carbocycles. The third kappa shape index (κ3) is 2.54. The van der Waals surface area contributed by atoms with E-state index in [2.05, 4.69) is 16.0 Å². The number of carbonyl (C=O) groups is 1. The van der Waals surface area contributed by atoms with E-state index >= 15 is 0 Å². The molecule has 1 aromatic heterocycles. The van der Waals surface area contributed by atoms with Crippen LogP contribution < -0.4 is 10.6 Å². The quantitative estimate of drug-likeness (QED) is 0.674. The number of anilines is 2. The van der Waals surface area contributed by atoms with Crippen molar-refractivity contribution in [3.8, 4) is 0 Å². The summed E-state index contributed by atoms with van der Waals surface area (Å²) in [5, 5.41) is 0. The van der Waals surface area contributed by atoms with Gasteiger partial charge in [-0.25, -0.2) is 9.78 Å². The van der Waals surface area contributed by atoms with Gasteiger partial charge in [-0.15, -0.1) is 0 Å². The van der Waals surface area contributed by atoms with Crippen molar-refractivity contribution in [3.63, 3.8) is 0 Å². The first-order valence-electron chi connectivity index (χ1n) is 6.84. The lowest BCUT2D eigenvalue weighted by Crippen LogP contribution is -2.31. The summed E-state index contributed by atoms with van der Waals surface area (Å²) >= 11 is 0. The highest BCUT2D eigenvalue weighted by molar-refractivity contribution is 5.90. The molecule has 5 heteroatoms. The summed E-state index contributed by atoms with van der Waals surface area (Å²) in [6, 6.07) is 9.43. The van der Waals surface area contributed by atoms with Crippen LogP contribution in [-0.4, -0.2) is 24.6 Å². The molecule has 1 aliphatic heterocycles. The van der Waals surface area contributed by atoms with Gasteiger partial charge in [-0.1, -0.05) is 12.1 Å². The summed E-state index contributed by atoms with van der Waals surface area (Å²) in [4.78, 5) is 18.1. The summed E-state index contributed by atoms with van der Waals surface area (Å²) < 4.78 is 4.75. The topological polar surface area (TPSA) is 68.5 Å². The number of hydrogen-bond acceptors (Lipinski definition) is 5. The van der Waals surface area contributed by atoms with E-state index in [0.717, 1.165) is 30.0 Å². The van der Waals surface area contributed by atoms with Gasteiger partial charge in [0.1, 0.15) is 5.82 Å². The fourth-order valence-corrected chi connectivity index (χ4v) is 2.64. The average molecular weight is 283 g/mol. The van der Waals surface area contributed by atoms with Crippen molar-refractivity contribution >= 4 is 17.5 Å². The first kappa shape index (κ1) is 13.4. The molecule has 0 saturated heterocycles. The average Bonchev–Trinajstić information content (AvgIpc) is 2.54. The van der Waals surface area contributed by atoms with Gasteiger partial charge in [-0.05, 0) is 35.7 Å². The first-order chi connectivity index (χ1) is 10.2. The lowest BCUT2D eigenvalue weighted by atomic mass is 9.98. The molecule has 0 unspecified atom stereocenters. The number of ether oxygens (including phenoxy) is 1. The van der Waals surface area contributed by atoms with Crippen molar-refractivity contribution in [2.24, 2.45) is 0 Å². The Bertz CT molecular complexity index is 685. The highest BCUT2D eigenvalue weighted by Gasteiger charge is 2.20. The minimum atomic E-state index is -0.351. The molecule has 0 bridgehead atoms. The maximum Gasteiger partial charge on any atom is 0.338 e. The lowest BCUT2D eigenvalue weighted by molar-refractivity contribution is 0.0600. The molecule has 2 aromatic rings. The Balaban J connectivity index is 1.89. The number of rotatable bonds is 2. The number of fused-ring (bicyclic) bond motifs is 1. The Kier molecular flexibility index (Phi) is 3.48. The molecule has 0 saturated carbocycles. The van der Waals surface area contributed by atoms with Crippen molar-refractivity contribution in [1.29, 1.82) is 0 Å². The minimum absolute atomic E-state index is 0.351. The predicted octanol–water partition coefficient (Wildman–Crippen LogP) is 2.01. The van der Waals surface area contributed by atoms with Crippen LogP contribution in [0.25, 0.3) is 0 Å². The third-order valence-electron chi connectivity index (χ3n) is 3.80. The van der Waals surface area contributed by atoms with Gasteiger partial charge in [0.15, 0.2) is 0 Å². The number of esters is 1. The maximum absolute atomic E-state index is 11.6. The second kappa shape index (κ2) is 5.44. The molecule has 1 aliphatic rings. The molecular formula is C16H17N3O2. The monoisotopic (exact) mass is 283 g/mol. The lowest BCUT2D eigenvalue weighted by Gasteiger charge is -2.30. The molecule has 0 atom stereocenters. The SMILES string of the molecule is COC(=O)c1ccnc(N2CCc3cccc(N)c3C2)c1. The fourth-order valence-electron chi connectivity index (χ4n) is 2.64. The zero-order chi connectivity index (χ0) is 14.8. The van der Waals surface area contributed by atoms with Crippen LogP contribution in [0.5, 0.6) is 0 Å². The number of nitrogens with two attached hydrogens (primary N) is 1. The number of pyridine rings is 1. The highest BCUT2D eigenvalue weighted by atomic mass is 16.5. The van der Waals surface area contributed by atoms with E-state index in [-0.39, 0.29) is 5.97 Å². The van der Waals surface area contributed by atoms with Crippen molar-refractivity contribution in [3.05, 3.63) is 53.2 Å². The number of hydrogen-bond donors (Lipinski definition) is 1. The van der Waals surface area contributed by atoms with Crippen molar-refractivity contribution in [2.45, 2.75) is 13.0 Å². The van der Waals surface area contributed by atoms with E-state index in [1.807, 2.05) is 12.1 Å². The molecular weight excluding hydrogens is 266 g/mol. The van der Waals surface area contributed by atoms with Crippen molar-refractivity contribution in [2.75, 3.05) is 24.3 Å². The van der Waals surface area contributed by atoms with E-state index < -0.39 is 0 Å². The van der Waals surface area contributed by atoms with E-state index in [0.29, 0.717) is 12.1 Å². The Morgan fingerprint density at radius 3 is 3.05 bits per heavy atom. The van der Waals surface area contributed by atoms with Crippen LogP contribution in [0.3, 0.4) is 0 Å². The van der Waals surface area contributed by atoms with Gasteiger partial charge in [0.25, 0.3) is 0 Å². The van der Waals surface area contributed by atoms with Gasteiger partial charge in [0, 0.05) is 25.0 Å². The molecule has 0 radical (unpaired) electrons. The normalized spacial score (nSPS) is 13.7. The number of methoxy groups -OCH3 is 1. The molecule has 0 aliphatic carbocycles. The summed E-state index contributed by atoms with van der Waals surface area (Å²) in [6.07, 6.45) is 2.55. The number of benzene rings is 1. The fraction of sp³-hybridized carbons (Fsp3) is 0.250. The second-order valence-corrected chi connectivity index (χ2v) is 5.05. The summed E-state index contributed by atoms with van der Waals surface area (Å²) in [5.41, 5.74) is 9.81. The third-order valence-corrected chi connectivity index (χ3v) is 3.80. The van der Waals surface area contributed by atoms with Gasteiger partial charge in [-0.2, -0.15) is 0 Å². The standard InChI is InChI=1S/C16H17N3O2/c1-21-16(20)12-5-7-18-15(9-12)19-8-6-11-3-2-4-14(17)13(11)10-19/h2-5,7,9H,6,8,10,17H2,1H3. The van der Waals surface area contributed by atoms with Crippen LogP contribution in [0.1, 0.15) is 21.5 Å². The Hall–Kier alpha value is -2.56. The van der Waals surface area contributed by atoms with Crippen LogP contribution in [0.15, 0.2) is 36.5 Å². The van der Waals surface area contributed by atoms with E-state index in [1.54, 1.807) is 18.3 Å². The van der Waals surface area contributed by atoms with Crippen LogP contribution >= 0.6 is 0 Å². The van der Waals surface area contributed by atoms with Gasteiger partial charge in [0.05, 0.1) is 12.7 Å². The Morgan fingerprint density at radius 2 is 2.24 bits per heavy atom. The smallest absolute Gasteiger partial charge is 0.338 e. The molecule has 5 nitrogen and oxygen atoms in total. The Morgan fingerprint density at radius 1 is 1.38 bits per heavy atom. The van der Waals surface area contributed by atoms with E-state index in [9.17, 15) is 4.79 Å². The van der Waals surface area contributed by atoms with Crippen LogP contribution in [0.2, 0.25) is 0 Å². The van der Waals surface area contributed by atoms with Crippen LogP contribution in [0, 0.1) is 0 Å². The molecule has 108 valence electrons. The summed E-state index contributed by atoms with van der Waals surface area (Å²) in [6.45, 7) is 1.56. The maximum atomic E-state index is 11.6. The largest absolute Gasteiger partial charge is 0.465 e. The molecule has 0 spiro atoms. The highest BCUT2D eigenvalue weighted by Crippen LogP contribution is 2.27. The van der Waals surface area contributed by atoms with Crippen LogP contribution in [-0.2, 0) is 17.7 Å². The molecule has 0 amide bonds. The molecule has 21 heavy (non-hydrogen) atoms. The predicted molar refractivity (Wildman–Crippen MR) is 81.2 cm³/mol.